The highest BCUT2D eigenvalue weighted by Crippen LogP contribution is 2.17. The number of ether oxygens (including phenoxy) is 1. The van der Waals surface area contributed by atoms with Gasteiger partial charge in [-0.15, -0.1) is 0 Å². The molecule has 0 saturated carbocycles. The molecule has 0 aliphatic carbocycles. The van der Waals surface area contributed by atoms with E-state index in [-0.39, 0.29) is 11.1 Å². The van der Waals surface area contributed by atoms with Crippen molar-refractivity contribution in [2.75, 3.05) is 7.11 Å². The summed E-state index contributed by atoms with van der Waals surface area (Å²) >= 11 is 0. The van der Waals surface area contributed by atoms with E-state index in [2.05, 4.69) is 4.98 Å². The van der Waals surface area contributed by atoms with Crippen molar-refractivity contribution in [3.05, 3.63) is 106 Å². The van der Waals surface area contributed by atoms with E-state index in [4.69, 9.17) is 9.84 Å². The number of carboxylic acid groups (broad SMARTS) is 1. The SMILES string of the molecule is COC(=O)c1ccc(/C=C/c2nc3ccccc3c(=O)n2-c2ccc(C(=O)O)cc2)cc1. The number of benzene rings is 3. The summed E-state index contributed by atoms with van der Waals surface area (Å²) in [6, 6.07) is 19.9. The monoisotopic (exact) mass is 426 g/mol. The molecule has 32 heavy (non-hydrogen) atoms. The molecule has 1 heterocycles. The van der Waals surface area contributed by atoms with Crippen LogP contribution >= 0.6 is 0 Å². The Labute approximate surface area is 182 Å². The van der Waals surface area contributed by atoms with E-state index in [0.29, 0.717) is 28.0 Å². The molecule has 158 valence electrons. The van der Waals surface area contributed by atoms with Crippen LogP contribution in [0.5, 0.6) is 0 Å². The van der Waals surface area contributed by atoms with Crippen molar-refractivity contribution >= 4 is 35.0 Å². The lowest BCUT2D eigenvalue weighted by Crippen LogP contribution is -2.22. The molecule has 0 bridgehead atoms. The van der Waals surface area contributed by atoms with Gasteiger partial charge in [-0.1, -0.05) is 30.3 Å². The Morgan fingerprint density at radius 3 is 2.22 bits per heavy atom. The largest absolute Gasteiger partial charge is 0.478 e. The lowest BCUT2D eigenvalue weighted by Gasteiger charge is -2.11. The molecule has 7 heteroatoms. The van der Waals surface area contributed by atoms with Gasteiger partial charge in [-0.2, -0.15) is 0 Å². The summed E-state index contributed by atoms with van der Waals surface area (Å²) in [4.78, 5) is 40.7. The molecule has 0 unspecified atom stereocenters. The van der Waals surface area contributed by atoms with Gasteiger partial charge in [-0.25, -0.2) is 14.6 Å². The van der Waals surface area contributed by atoms with Crippen LogP contribution in [0, 0.1) is 0 Å². The Kier molecular flexibility index (Phi) is 5.63. The Balaban J connectivity index is 1.81. The van der Waals surface area contributed by atoms with Gasteiger partial charge >= 0.3 is 11.9 Å². The maximum Gasteiger partial charge on any atom is 0.337 e. The number of aromatic nitrogens is 2. The van der Waals surface area contributed by atoms with Crippen LogP contribution in [0.2, 0.25) is 0 Å². The molecule has 0 atom stereocenters. The number of carbonyl (C=O) groups is 2. The number of esters is 1. The van der Waals surface area contributed by atoms with Crippen LogP contribution < -0.4 is 5.56 Å². The summed E-state index contributed by atoms with van der Waals surface area (Å²) < 4.78 is 6.14. The lowest BCUT2D eigenvalue weighted by atomic mass is 10.1. The first-order valence-electron chi connectivity index (χ1n) is 9.70. The minimum atomic E-state index is -1.05. The molecule has 0 radical (unpaired) electrons. The zero-order valence-electron chi connectivity index (χ0n) is 17.1. The van der Waals surface area contributed by atoms with Crippen molar-refractivity contribution in [3.8, 4) is 5.69 Å². The van der Waals surface area contributed by atoms with Crippen molar-refractivity contribution in [2.24, 2.45) is 0 Å². The molecule has 7 nitrogen and oxygen atoms in total. The van der Waals surface area contributed by atoms with Gasteiger partial charge in [0.1, 0.15) is 5.82 Å². The van der Waals surface area contributed by atoms with Crippen molar-refractivity contribution in [3.63, 3.8) is 0 Å². The fourth-order valence-corrected chi connectivity index (χ4v) is 3.28. The molecular formula is C25H18N2O5. The summed E-state index contributed by atoms with van der Waals surface area (Å²) in [6.45, 7) is 0. The fraction of sp³-hybridized carbons (Fsp3) is 0.0400. The number of para-hydroxylation sites is 1. The van der Waals surface area contributed by atoms with Gasteiger partial charge in [0.25, 0.3) is 5.56 Å². The smallest absolute Gasteiger partial charge is 0.337 e. The molecule has 1 N–H and O–H groups in total. The Morgan fingerprint density at radius 1 is 0.906 bits per heavy atom. The number of carboxylic acids is 1. The molecule has 1 aromatic heterocycles. The first-order chi connectivity index (χ1) is 15.5. The fourth-order valence-electron chi connectivity index (χ4n) is 3.28. The molecule has 0 aliphatic heterocycles. The summed E-state index contributed by atoms with van der Waals surface area (Å²) in [7, 11) is 1.32. The molecule has 4 rings (SSSR count). The quantitative estimate of drug-likeness (QED) is 0.484. The number of fused-ring (bicyclic) bond motifs is 1. The molecule has 0 fully saturated rings. The van der Waals surface area contributed by atoms with Crippen molar-refractivity contribution in [2.45, 2.75) is 0 Å². The number of nitrogens with zero attached hydrogens (tertiary/aromatic N) is 2. The third kappa shape index (κ3) is 4.04. The minimum Gasteiger partial charge on any atom is -0.478 e. The number of aromatic carboxylic acids is 1. The Hall–Kier alpha value is -4.52. The second-order valence-electron chi connectivity index (χ2n) is 6.93. The molecule has 0 saturated heterocycles. The molecule has 0 spiro atoms. The van der Waals surface area contributed by atoms with Crippen LogP contribution in [-0.4, -0.2) is 33.7 Å². The maximum atomic E-state index is 13.3. The van der Waals surface area contributed by atoms with Crippen LogP contribution in [0.25, 0.3) is 28.7 Å². The van der Waals surface area contributed by atoms with E-state index in [1.54, 1.807) is 72.8 Å². The average Bonchev–Trinajstić information content (AvgIpc) is 2.83. The predicted octanol–water partition coefficient (Wildman–Crippen LogP) is 4.04. The highest BCUT2D eigenvalue weighted by molar-refractivity contribution is 5.90. The lowest BCUT2D eigenvalue weighted by molar-refractivity contribution is 0.0599. The van der Waals surface area contributed by atoms with Gasteiger partial charge in [0.05, 0.1) is 34.8 Å². The predicted molar refractivity (Wildman–Crippen MR) is 121 cm³/mol. The van der Waals surface area contributed by atoms with Crippen molar-refractivity contribution < 1.29 is 19.4 Å². The highest BCUT2D eigenvalue weighted by Gasteiger charge is 2.12. The topological polar surface area (TPSA) is 98.5 Å². The van der Waals surface area contributed by atoms with E-state index in [9.17, 15) is 14.4 Å². The van der Waals surface area contributed by atoms with E-state index in [0.717, 1.165) is 5.56 Å². The maximum absolute atomic E-state index is 13.3. The van der Waals surface area contributed by atoms with Crippen molar-refractivity contribution in [1.29, 1.82) is 0 Å². The standard InChI is InChI=1S/C25H18N2O5/c1-32-25(31)18-9-6-16(7-10-18)8-15-22-26-21-5-3-2-4-20(21)23(28)27(22)19-13-11-17(12-14-19)24(29)30/h2-15H,1H3,(H,29,30)/b15-8+. The summed E-state index contributed by atoms with van der Waals surface area (Å²) in [5.74, 6) is -1.08. The van der Waals surface area contributed by atoms with Gasteiger partial charge in [0.15, 0.2) is 0 Å². The molecule has 0 aliphatic rings. The highest BCUT2D eigenvalue weighted by atomic mass is 16.5. The number of hydrogen-bond acceptors (Lipinski definition) is 5. The minimum absolute atomic E-state index is 0.123. The van der Waals surface area contributed by atoms with Crippen LogP contribution in [0.1, 0.15) is 32.1 Å². The number of hydrogen-bond donors (Lipinski definition) is 1. The number of carbonyl (C=O) groups excluding carboxylic acids is 1. The van der Waals surface area contributed by atoms with Gasteiger partial charge < -0.3 is 9.84 Å². The van der Waals surface area contributed by atoms with Crippen LogP contribution in [0.4, 0.5) is 0 Å². The molecule has 3 aromatic carbocycles. The van der Waals surface area contributed by atoms with E-state index in [1.165, 1.54) is 23.8 Å². The van der Waals surface area contributed by atoms with Gasteiger partial charge in [-0.05, 0) is 60.2 Å². The Morgan fingerprint density at radius 2 is 1.56 bits per heavy atom. The van der Waals surface area contributed by atoms with E-state index < -0.39 is 11.9 Å². The Bertz CT molecular complexity index is 1400. The van der Waals surface area contributed by atoms with Crippen molar-refractivity contribution in [1.82, 2.24) is 9.55 Å². The average molecular weight is 426 g/mol. The van der Waals surface area contributed by atoms with Gasteiger partial charge in [0.2, 0.25) is 0 Å². The van der Waals surface area contributed by atoms with E-state index >= 15 is 0 Å². The third-order valence-corrected chi connectivity index (χ3v) is 4.93. The molecular weight excluding hydrogens is 408 g/mol. The van der Waals surface area contributed by atoms with Gasteiger partial charge in [-0.3, -0.25) is 9.36 Å². The van der Waals surface area contributed by atoms with Crippen LogP contribution in [-0.2, 0) is 4.74 Å². The molecule has 0 amide bonds. The van der Waals surface area contributed by atoms with Gasteiger partial charge in [0, 0.05) is 0 Å². The third-order valence-electron chi connectivity index (χ3n) is 4.93. The zero-order valence-corrected chi connectivity index (χ0v) is 17.1. The second-order valence-corrected chi connectivity index (χ2v) is 6.93. The number of rotatable bonds is 5. The number of methoxy groups -OCH3 is 1. The summed E-state index contributed by atoms with van der Waals surface area (Å²) in [6.07, 6.45) is 3.48. The first-order valence-corrected chi connectivity index (χ1v) is 9.70. The zero-order chi connectivity index (χ0) is 22.7. The first kappa shape index (κ1) is 20.7. The van der Waals surface area contributed by atoms with Crippen LogP contribution in [0.3, 0.4) is 0 Å². The normalized spacial score (nSPS) is 11.0. The second kappa shape index (κ2) is 8.69. The summed E-state index contributed by atoms with van der Waals surface area (Å²) in [5, 5.41) is 9.61. The summed E-state index contributed by atoms with van der Waals surface area (Å²) in [5.41, 5.74) is 2.14. The molecule has 4 aromatic rings. The van der Waals surface area contributed by atoms with E-state index in [1.807, 2.05) is 0 Å². The van der Waals surface area contributed by atoms with Crippen LogP contribution in [0.15, 0.2) is 77.6 Å².